The predicted molar refractivity (Wildman–Crippen MR) is 113 cm³/mol. The topological polar surface area (TPSA) is 93.7 Å². The number of thiophene rings is 1. The molecule has 0 bridgehead atoms. The molecular formula is C21H26N2O5S. The van der Waals surface area contributed by atoms with Crippen molar-refractivity contribution in [2.24, 2.45) is 0 Å². The van der Waals surface area contributed by atoms with E-state index in [1.54, 1.807) is 30.3 Å². The summed E-state index contributed by atoms with van der Waals surface area (Å²) >= 11 is 1.36. The van der Waals surface area contributed by atoms with Crippen molar-refractivity contribution < 1.29 is 23.9 Å². The fourth-order valence-corrected chi connectivity index (χ4v) is 3.24. The number of carbonyl (C=O) groups is 3. The van der Waals surface area contributed by atoms with E-state index in [-0.39, 0.29) is 43.4 Å². The van der Waals surface area contributed by atoms with Gasteiger partial charge in [0.2, 0.25) is 11.8 Å². The summed E-state index contributed by atoms with van der Waals surface area (Å²) in [6, 6.07) is 8.78. The molecule has 7 nitrogen and oxygen atoms in total. The summed E-state index contributed by atoms with van der Waals surface area (Å²) in [4.78, 5) is 36.7. The van der Waals surface area contributed by atoms with Crippen LogP contribution in [0.1, 0.15) is 42.8 Å². The number of ketones is 1. The summed E-state index contributed by atoms with van der Waals surface area (Å²) in [6.07, 6.45) is 0.360. The van der Waals surface area contributed by atoms with Crippen LogP contribution in [-0.4, -0.2) is 37.4 Å². The zero-order valence-corrected chi connectivity index (χ0v) is 17.5. The third-order valence-electron chi connectivity index (χ3n) is 3.89. The first-order valence-electron chi connectivity index (χ1n) is 9.56. The highest BCUT2D eigenvalue weighted by atomic mass is 32.1. The van der Waals surface area contributed by atoms with E-state index in [1.807, 2.05) is 19.2 Å². The normalized spacial score (nSPS) is 10.3. The van der Waals surface area contributed by atoms with Crippen molar-refractivity contribution in [2.75, 3.05) is 25.1 Å². The van der Waals surface area contributed by atoms with Crippen molar-refractivity contribution in [3.05, 3.63) is 40.6 Å². The first kappa shape index (κ1) is 22.4. The molecule has 0 fully saturated rings. The average Bonchev–Trinajstić information content (AvgIpc) is 3.23. The van der Waals surface area contributed by atoms with Gasteiger partial charge < -0.3 is 20.1 Å². The van der Waals surface area contributed by atoms with Crippen LogP contribution in [0, 0.1) is 0 Å². The molecule has 0 saturated heterocycles. The van der Waals surface area contributed by atoms with Crippen LogP contribution in [0.4, 0.5) is 5.69 Å². The number of anilines is 1. The molecule has 2 amide bonds. The Hall–Kier alpha value is -2.87. The quantitative estimate of drug-likeness (QED) is 0.513. The molecular weight excluding hydrogens is 392 g/mol. The van der Waals surface area contributed by atoms with Crippen molar-refractivity contribution >= 4 is 34.6 Å². The Bertz CT molecular complexity index is 820. The lowest BCUT2D eigenvalue weighted by molar-refractivity contribution is -0.121. The average molecular weight is 419 g/mol. The molecule has 156 valence electrons. The van der Waals surface area contributed by atoms with Crippen LogP contribution in [-0.2, 0) is 9.59 Å². The van der Waals surface area contributed by atoms with E-state index < -0.39 is 0 Å². The maximum atomic E-state index is 12.2. The van der Waals surface area contributed by atoms with E-state index in [0.717, 1.165) is 0 Å². The second kappa shape index (κ2) is 11.9. The summed E-state index contributed by atoms with van der Waals surface area (Å²) in [5, 5.41) is 7.28. The van der Waals surface area contributed by atoms with Crippen LogP contribution in [0.2, 0.25) is 0 Å². The highest BCUT2D eigenvalue weighted by Crippen LogP contribution is 2.29. The van der Waals surface area contributed by atoms with Crippen LogP contribution in [0.5, 0.6) is 11.5 Å². The molecule has 1 aromatic heterocycles. The summed E-state index contributed by atoms with van der Waals surface area (Å²) in [6.45, 7) is 4.92. The molecule has 0 unspecified atom stereocenters. The van der Waals surface area contributed by atoms with Crippen LogP contribution in [0.25, 0.3) is 0 Å². The van der Waals surface area contributed by atoms with Gasteiger partial charge in [-0.15, -0.1) is 11.3 Å². The molecule has 8 heteroatoms. The predicted octanol–water partition coefficient (Wildman–Crippen LogP) is 3.65. The van der Waals surface area contributed by atoms with Gasteiger partial charge in [0.25, 0.3) is 0 Å². The molecule has 0 spiro atoms. The molecule has 29 heavy (non-hydrogen) atoms. The summed E-state index contributed by atoms with van der Waals surface area (Å²) in [5.74, 6) is 0.631. The van der Waals surface area contributed by atoms with E-state index in [9.17, 15) is 14.4 Å². The Morgan fingerprint density at radius 3 is 2.45 bits per heavy atom. The van der Waals surface area contributed by atoms with Gasteiger partial charge in [-0.3, -0.25) is 14.4 Å². The highest BCUT2D eigenvalue weighted by molar-refractivity contribution is 7.12. The number of hydrogen-bond donors (Lipinski definition) is 2. The third-order valence-corrected chi connectivity index (χ3v) is 4.80. The van der Waals surface area contributed by atoms with E-state index in [4.69, 9.17) is 9.47 Å². The van der Waals surface area contributed by atoms with Crippen LogP contribution < -0.4 is 20.1 Å². The first-order chi connectivity index (χ1) is 14.0. The van der Waals surface area contributed by atoms with E-state index in [1.165, 1.54) is 11.3 Å². The molecule has 0 aliphatic heterocycles. The number of nitrogens with one attached hydrogen (secondary N) is 2. The first-order valence-corrected chi connectivity index (χ1v) is 10.4. The van der Waals surface area contributed by atoms with Crippen molar-refractivity contribution in [3.8, 4) is 11.5 Å². The lowest BCUT2D eigenvalue weighted by Gasteiger charge is -2.13. The molecule has 0 radical (unpaired) electrons. The number of rotatable bonds is 12. The summed E-state index contributed by atoms with van der Waals surface area (Å²) in [5.41, 5.74) is 0.524. The maximum Gasteiger partial charge on any atom is 0.226 e. The molecule has 2 aromatic rings. The Balaban J connectivity index is 1.76. The minimum Gasteiger partial charge on any atom is -0.494 e. The van der Waals surface area contributed by atoms with Gasteiger partial charge in [0, 0.05) is 31.9 Å². The fraction of sp³-hybridized carbons (Fsp3) is 0.381. The van der Waals surface area contributed by atoms with Gasteiger partial charge in [-0.2, -0.15) is 0 Å². The Morgan fingerprint density at radius 1 is 0.966 bits per heavy atom. The Labute approximate surface area is 174 Å². The number of amides is 2. The van der Waals surface area contributed by atoms with Crippen LogP contribution in [0.3, 0.4) is 0 Å². The lowest BCUT2D eigenvalue weighted by Crippen LogP contribution is -2.28. The zero-order chi connectivity index (χ0) is 21.1. The highest BCUT2D eigenvalue weighted by Gasteiger charge is 2.12. The van der Waals surface area contributed by atoms with Gasteiger partial charge in [-0.1, -0.05) is 6.07 Å². The summed E-state index contributed by atoms with van der Waals surface area (Å²) in [7, 11) is 0. The smallest absolute Gasteiger partial charge is 0.226 e. The molecule has 0 atom stereocenters. The van der Waals surface area contributed by atoms with Crippen molar-refractivity contribution in [1.82, 2.24) is 5.32 Å². The lowest BCUT2D eigenvalue weighted by atomic mass is 10.2. The van der Waals surface area contributed by atoms with Gasteiger partial charge in [0.15, 0.2) is 5.78 Å². The Kier molecular flexibility index (Phi) is 9.17. The fourth-order valence-electron chi connectivity index (χ4n) is 2.55. The number of carbonyl (C=O) groups excluding carboxylic acids is 3. The van der Waals surface area contributed by atoms with Crippen molar-refractivity contribution in [1.29, 1.82) is 0 Å². The number of ether oxygens (including phenoxy) is 2. The van der Waals surface area contributed by atoms with Gasteiger partial charge in [-0.25, -0.2) is 0 Å². The second-order valence-corrected chi connectivity index (χ2v) is 7.02. The minimum absolute atomic E-state index is 0.0504. The summed E-state index contributed by atoms with van der Waals surface area (Å²) < 4.78 is 11.0. The molecule has 0 aliphatic rings. The van der Waals surface area contributed by atoms with Gasteiger partial charge in [-0.05, 0) is 37.4 Å². The van der Waals surface area contributed by atoms with Crippen molar-refractivity contribution in [3.63, 3.8) is 0 Å². The number of hydrogen-bond acceptors (Lipinski definition) is 6. The maximum absolute atomic E-state index is 12.2. The molecule has 0 saturated carbocycles. The van der Waals surface area contributed by atoms with Gasteiger partial charge >= 0.3 is 0 Å². The van der Waals surface area contributed by atoms with Gasteiger partial charge in [0.1, 0.15) is 11.5 Å². The molecule has 2 rings (SSSR count). The van der Waals surface area contributed by atoms with Crippen LogP contribution >= 0.6 is 11.3 Å². The number of Topliss-reactive ketones (excluding diaryl/α,β-unsaturated/α-hetero) is 1. The van der Waals surface area contributed by atoms with E-state index in [2.05, 4.69) is 10.6 Å². The molecule has 2 N–H and O–H groups in total. The third kappa shape index (κ3) is 7.57. The second-order valence-electron chi connectivity index (χ2n) is 6.07. The largest absolute Gasteiger partial charge is 0.494 e. The molecule has 1 aromatic carbocycles. The van der Waals surface area contributed by atoms with Crippen LogP contribution in [0.15, 0.2) is 35.7 Å². The number of benzene rings is 1. The SMILES string of the molecule is CCOc1ccc(OCC)c(NC(=O)CCNC(=O)CCC(=O)c2cccs2)c1. The molecule has 0 aliphatic carbocycles. The monoisotopic (exact) mass is 418 g/mol. The van der Waals surface area contributed by atoms with E-state index >= 15 is 0 Å². The van der Waals surface area contributed by atoms with Gasteiger partial charge in [0.05, 0.1) is 23.8 Å². The zero-order valence-electron chi connectivity index (χ0n) is 16.7. The van der Waals surface area contributed by atoms with E-state index in [0.29, 0.717) is 35.3 Å². The standard InChI is InChI=1S/C21H26N2O5S/c1-3-27-15-7-9-18(28-4-2)16(14-15)23-21(26)11-12-22-20(25)10-8-17(24)19-6-5-13-29-19/h5-7,9,13-14H,3-4,8,10-12H2,1-2H3,(H,22,25)(H,23,26). The minimum atomic E-state index is -0.255. The Morgan fingerprint density at radius 2 is 1.76 bits per heavy atom. The van der Waals surface area contributed by atoms with Crippen molar-refractivity contribution in [2.45, 2.75) is 33.1 Å². The molecule has 1 heterocycles.